The quantitative estimate of drug-likeness (QED) is 0.574. The van der Waals surface area contributed by atoms with Crippen LogP contribution in [-0.4, -0.2) is 15.0 Å². The van der Waals surface area contributed by atoms with Crippen LogP contribution in [0.25, 0.3) is 0 Å². The molecule has 2 aromatic rings. The van der Waals surface area contributed by atoms with Crippen LogP contribution in [0.15, 0.2) is 47.4 Å². The number of alkyl halides is 3. The van der Waals surface area contributed by atoms with E-state index in [0.29, 0.717) is 5.56 Å². The minimum atomic E-state index is -4.54. The van der Waals surface area contributed by atoms with E-state index in [1.54, 1.807) is 19.1 Å². The van der Waals surface area contributed by atoms with E-state index < -0.39 is 21.8 Å². The minimum absolute atomic E-state index is 0.0566. The number of sulfonamides is 1. The highest BCUT2D eigenvalue weighted by Crippen LogP contribution is 2.35. The van der Waals surface area contributed by atoms with Crippen LogP contribution in [0.4, 0.5) is 18.9 Å². The number of rotatable bonds is 7. The fourth-order valence-corrected chi connectivity index (χ4v) is 4.64. The van der Waals surface area contributed by atoms with Crippen molar-refractivity contribution >= 4 is 15.7 Å². The van der Waals surface area contributed by atoms with Crippen molar-refractivity contribution < 1.29 is 21.6 Å². The number of nitrogens with zero attached hydrogens (tertiary/aromatic N) is 1. The van der Waals surface area contributed by atoms with Crippen molar-refractivity contribution in [2.24, 2.45) is 5.92 Å². The SMILES string of the molecule is CCCc1ccc(S(=O)(=O)N(CC(C)C)c2cc(C(F)(F)F)ccc2C)cc1. The molecule has 0 aliphatic rings. The summed E-state index contributed by atoms with van der Waals surface area (Å²) in [5, 5.41) is 0. The van der Waals surface area contributed by atoms with Crippen LogP contribution in [0, 0.1) is 12.8 Å². The lowest BCUT2D eigenvalue weighted by Gasteiger charge is -2.28. The molecule has 3 nitrogen and oxygen atoms in total. The van der Waals surface area contributed by atoms with Gasteiger partial charge in [0.1, 0.15) is 0 Å². The highest BCUT2D eigenvalue weighted by molar-refractivity contribution is 7.92. The van der Waals surface area contributed by atoms with Crippen LogP contribution in [0.5, 0.6) is 0 Å². The van der Waals surface area contributed by atoms with Gasteiger partial charge in [-0.3, -0.25) is 4.31 Å². The zero-order valence-corrected chi connectivity index (χ0v) is 17.4. The Labute approximate surface area is 165 Å². The van der Waals surface area contributed by atoms with Crippen molar-refractivity contribution in [3.8, 4) is 0 Å². The monoisotopic (exact) mass is 413 g/mol. The van der Waals surface area contributed by atoms with Crippen molar-refractivity contribution in [3.63, 3.8) is 0 Å². The third-order valence-corrected chi connectivity index (χ3v) is 6.18. The molecule has 0 aliphatic heterocycles. The highest BCUT2D eigenvalue weighted by Gasteiger charge is 2.33. The Morgan fingerprint density at radius 1 is 1.04 bits per heavy atom. The molecule has 0 spiro atoms. The molecule has 28 heavy (non-hydrogen) atoms. The van der Waals surface area contributed by atoms with Crippen molar-refractivity contribution in [1.29, 1.82) is 0 Å². The molecule has 2 rings (SSSR count). The molecule has 0 heterocycles. The zero-order valence-electron chi connectivity index (χ0n) is 16.5. The zero-order chi connectivity index (χ0) is 21.1. The van der Waals surface area contributed by atoms with Gasteiger partial charge in [0.2, 0.25) is 0 Å². The summed E-state index contributed by atoms with van der Waals surface area (Å²) in [4.78, 5) is 0.0739. The largest absolute Gasteiger partial charge is 0.416 e. The van der Waals surface area contributed by atoms with Gasteiger partial charge in [0.25, 0.3) is 10.0 Å². The summed E-state index contributed by atoms with van der Waals surface area (Å²) >= 11 is 0. The van der Waals surface area contributed by atoms with Gasteiger partial charge in [-0.05, 0) is 54.7 Å². The molecule has 0 aliphatic carbocycles. The van der Waals surface area contributed by atoms with E-state index in [1.807, 2.05) is 20.8 Å². The summed E-state index contributed by atoms with van der Waals surface area (Å²) in [7, 11) is -4.00. The Morgan fingerprint density at radius 3 is 2.14 bits per heavy atom. The lowest BCUT2D eigenvalue weighted by molar-refractivity contribution is -0.137. The summed E-state index contributed by atoms with van der Waals surface area (Å²) in [6, 6.07) is 9.75. The van der Waals surface area contributed by atoms with Gasteiger partial charge in [-0.25, -0.2) is 8.42 Å². The first-order valence-electron chi connectivity index (χ1n) is 9.26. The highest BCUT2D eigenvalue weighted by atomic mass is 32.2. The molecule has 0 bridgehead atoms. The number of halogens is 3. The van der Waals surface area contributed by atoms with E-state index in [0.717, 1.165) is 34.8 Å². The predicted octanol–water partition coefficient (Wildman–Crippen LogP) is 5.82. The lowest BCUT2D eigenvalue weighted by atomic mass is 10.1. The maximum atomic E-state index is 13.3. The molecule has 154 valence electrons. The van der Waals surface area contributed by atoms with Crippen molar-refractivity contribution in [3.05, 3.63) is 59.2 Å². The van der Waals surface area contributed by atoms with Gasteiger partial charge >= 0.3 is 6.18 Å². The van der Waals surface area contributed by atoms with E-state index >= 15 is 0 Å². The maximum Gasteiger partial charge on any atom is 0.416 e. The maximum absolute atomic E-state index is 13.3. The van der Waals surface area contributed by atoms with Crippen LogP contribution in [0.3, 0.4) is 0 Å². The van der Waals surface area contributed by atoms with Gasteiger partial charge in [-0.1, -0.05) is 45.4 Å². The molecular formula is C21H26F3NO2S. The molecule has 0 N–H and O–H groups in total. The van der Waals surface area contributed by atoms with Crippen LogP contribution in [-0.2, 0) is 22.6 Å². The average Bonchev–Trinajstić information content (AvgIpc) is 2.60. The molecule has 0 amide bonds. The molecular weight excluding hydrogens is 387 g/mol. The third-order valence-electron chi connectivity index (χ3n) is 4.39. The second-order valence-electron chi connectivity index (χ2n) is 7.32. The molecule has 0 aromatic heterocycles. The number of hydrogen-bond acceptors (Lipinski definition) is 2. The Balaban J connectivity index is 2.57. The van der Waals surface area contributed by atoms with Gasteiger partial charge in [-0.15, -0.1) is 0 Å². The second kappa shape index (κ2) is 8.55. The van der Waals surface area contributed by atoms with Crippen LogP contribution in [0.2, 0.25) is 0 Å². The Morgan fingerprint density at radius 2 is 1.64 bits per heavy atom. The number of anilines is 1. The van der Waals surface area contributed by atoms with Crippen LogP contribution >= 0.6 is 0 Å². The minimum Gasteiger partial charge on any atom is -0.266 e. The molecule has 0 atom stereocenters. The summed E-state index contributed by atoms with van der Waals surface area (Å²) in [6.45, 7) is 7.39. The fraction of sp³-hybridized carbons (Fsp3) is 0.429. The molecule has 0 saturated carbocycles. The van der Waals surface area contributed by atoms with E-state index in [1.165, 1.54) is 18.2 Å². The average molecular weight is 414 g/mol. The van der Waals surface area contributed by atoms with Crippen LogP contribution in [0.1, 0.15) is 43.9 Å². The first-order valence-corrected chi connectivity index (χ1v) is 10.7. The number of benzene rings is 2. The fourth-order valence-electron chi connectivity index (χ4n) is 2.96. The summed E-state index contributed by atoms with van der Waals surface area (Å²) in [6.07, 6.45) is -2.77. The van der Waals surface area contributed by atoms with Gasteiger partial charge < -0.3 is 0 Å². The molecule has 0 unspecified atom stereocenters. The van der Waals surface area contributed by atoms with Crippen molar-refractivity contribution in [2.75, 3.05) is 10.8 Å². The van der Waals surface area contributed by atoms with Crippen molar-refractivity contribution in [1.82, 2.24) is 0 Å². The second-order valence-corrected chi connectivity index (χ2v) is 9.19. The van der Waals surface area contributed by atoms with E-state index in [9.17, 15) is 21.6 Å². The number of aryl methyl sites for hydroxylation is 2. The van der Waals surface area contributed by atoms with Crippen molar-refractivity contribution in [2.45, 2.75) is 51.6 Å². The Bertz CT molecular complexity index is 904. The van der Waals surface area contributed by atoms with E-state index in [4.69, 9.17) is 0 Å². The molecule has 2 aromatic carbocycles. The molecule has 7 heteroatoms. The van der Waals surface area contributed by atoms with Gasteiger partial charge in [0.05, 0.1) is 16.1 Å². The standard InChI is InChI=1S/C21H26F3NO2S/c1-5-6-17-8-11-19(12-9-17)28(26,27)25(14-15(2)3)20-13-18(21(22,23)24)10-7-16(20)4/h7-13,15H,5-6,14H2,1-4H3. The summed E-state index contributed by atoms with van der Waals surface area (Å²) < 4.78 is 67.3. The first-order chi connectivity index (χ1) is 13.0. The predicted molar refractivity (Wildman–Crippen MR) is 106 cm³/mol. The molecule has 0 radical (unpaired) electrons. The van der Waals surface area contributed by atoms with Crippen LogP contribution < -0.4 is 4.31 Å². The first kappa shape index (κ1) is 22.3. The molecule has 0 fully saturated rings. The summed E-state index contributed by atoms with van der Waals surface area (Å²) in [5.41, 5.74) is 0.684. The number of hydrogen-bond donors (Lipinski definition) is 0. The van der Waals surface area contributed by atoms with E-state index in [2.05, 4.69) is 0 Å². The van der Waals surface area contributed by atoms with Gasteiger partial charge in [-0.2, -0.15) is 13.2 Å². The van der Waals surface area contributed by atoms with Gasteiger partial charge in [0, 0.05) is 6.54 Å². The Kier molecular flexibility index (Phi) is 6.80. The van der Waals surface area contributed by atoms with Gasteiger partial charge in [0.15, 0.2) is 0 Å². The Hall–Kier alpha value is -2.02. The summed E-state index contributed by atoms with van der Waals surface area (Å²) in [5.74, 6) is -0.0666. The molecule has 0 saturated heterocycles. The lowest BCUT2D eigenvalue weighted by Crippen LogP contribution is -2.35. The normalized spacial score (nSPS) is 12.4. The van der Waals surface area contributed by atoms with E-state index in [-0.39, 0.29) is 23.0 Å². The smallest absolute Gasteiger partial charge is 0.266 e. The third kappa shape index (κ3) is 5.07. The topological polar surface area (TPSA) is 37.4 Å².